The molecular formula is C18H24N4O3. The minimum absolute atomic E-state index is 0.0186. The number of hydrogen-bond donors (Lipinski definition) is 1. The van der Waals surface area contributed by atoms with E-state index in [1.54, 1.807) is 11.8 Å². The molecule has 3 aliphatic rings. The van der Waals surface area contributed by atoms with Crippen molar-refractivity contribution in [1.82, 2.24) is 19.8 Å². The minimum atomic E-state index is -0.379. The van der Waals surface area contributed by atoms with Crippen molar-refractivity contribution in [3.63, 3.8) is 0 Å². The first kappa shape index (κ1) is 16.3. The first-order valence-corrected chi connectivity index (χ1v) is 9.12. The van der Waals surface area contributed by atoms with Crippen LogP contribution in [0.15, 0.2) is 11.0 Å². The predicted molar refractivity (Wildman–Crippen MR) is 91.1 cm³/mol. The van der Waals surface area contributed by atoms with Crippen molar-refractivity contribution in [3.8, 4) is 0 Å². The summed E-state index contributed by atoms with van der Waals surface area (Å²) in [7, 11) is 0. The van der Waals surface area contributed by atoms with Gasteiger partial charge in [-0.2, -0.15) is 0 Å². The first-order chi connectivity index (χ1) is 12.0. The molecule has 134 valence electrons. The number of piperidine rings is 2. The van der Waals surface area contributed by atoms with Crippen molar-refractivity contribution in [2.75, 3.05) is 19.6 Å². The average Bonchev–Trinajstić information content (AvgIpc) is 3.42. The smallest absolute Gasteiger partial charge is 0.263 e. The molecule has 3 fully saturated rings. The summed E-state index contributed by atoms with van der Waals surface area (Å²) in [5.41, 5.74) is -0.293. The van der Waals surface area contributed by atoms with E-state index in [9.17, 15) is 14.4 Å². The average molecular weight is 344 g/mol. The minimum Gasteiger partial charge on any atom is -0.339 e. The molecule has 2 amide bonds. The van der Waals surface area contributed by atoms with E-state index in [0.29, 0.717) is 31.4 Å². The molecule has 7 heteroatoms. The number of aromatic amines is 1. The molecule has 1 spiro atoms. The van der Waals surface area contributed by atoms with Gasteiger partial charge >= 0.3 is 0 Å². The Hall–Kier alpha value is -2.18. The number of carbonyl (C=O) groups excluding carboxylic acids is 2. The van der Waals surface area contributed by atoms with Crippen molar-refractivity contribution in [3.05, 3.63) is 27.9 Å². The molecular weight excluding hydrogens is 320 g/mol. The second-order valence-electron chi connectivity index (χ2n) is 7.79. The number of rotatable bonds is 2. The zero-order valence-corrected chi connectivity index (χ0v) is 14.6. The van der Waals surface area contributed by atoms with Gasteiger partial charge < -0.3 is 14.8 Å². The fraction of sp³-hybridized carbons (Fsp3) is 0.667. The van der Waals surface area contributed by atoms with E-state index in [1.807, 2.05) is 4.90 Å². The Morgan fingerprint density at radius 1 is 1.28 bits per heavy atom. The highest BCUT2D eigenvalue weighted by molar-refractivity contribution is 5.93. The third kappa shape index (κ3) is 3.07. The van der Waals surface area contributed by atoms with E-state index < -0.39 is 0 Å². The van der Waals surface area contributed by atoms with Gasteiger partial charge in [0.2, 0.25) is 5.91 Å². The number of H-pyrrole nitrogens is 1. The molecule has 4 rings (SSSR count). The lowest BCUT2D eigenvalue weighted by Gasteiger charge is -2.48. The maximum Gasteiger partial charge on any atom is 0.263 e. The molecule has 25 heavy (non-hydrogen) atoms. The Labute approximate surface area is 146 Å². The fourth-order valence-electron chi connectivity index (χ4n) is 4.28. The lowest BCUT2D eigenvalue weighted by molar-refractivity contribution is -0.139. The van der Waals surface area contributed by atoms with E-state index in [-0.39, 0.29) is 28.4 Å². The lowest BCUT2D eigenvalue weighted by Crippen LogP contribution is -2.55. The number of aromatic nitrogens is 2. The Balaban J connectivity index is 1.53. The number of carbonyl (C=O) groups is 2. The maximum atomic E-state index is 12.8. The second kappa shape index (κ2) is 5.97. The fourth-order valence-corrected chi connectivity index (χ4v) is 4.28. The number of likely N-dealkylation sites (tertiary alicyclic amines) is 2. The van der Waals surface area contributed by atoms with Gasteiger partial charge in [0.1, 0.15) is 11.4 Å². The number of amides is 2. The standard InChI is InChI=1S/C18H24N4O3/c1-12-19-9-14(16(24)20-12)17(25)21-8-2-6-18(10-21)7-5-15(23)22(11-18)13-3-4-13/h9,13H,2-8,10-11H2,1H3,(H,19,20,24)/t18-/m1/s1. The quantitative estimate of drug-likeness (QED) is 0.870. The molecule has 1 aromatic rings. The highest BCUT2D eigenvalue weighted by Crippen LogP contribution is 2.42. The summed E-state index contributed by atoms with van der Waals surface area (Å²) in [6, 6.07) is 0.417. The molecule has 2 aliphatic heterocycles. The van der Waals surface area contributed by atoms with Gasteiger partial charge in [-0.15, -0.1) is 0 Å². The SMILES string of the molecule is Cc1ncc(C(=O)N2CCC[C@@]3(CCC(=O)N(C4CC4)C3)C2)c(=O)[nH]1. The van der Waals surface area contributed by atoms with Crippen LogP contribution in [0.1, 0.15) is 54.7 Å². The van der Waals surface area contributed by atoms with Crippen LogP contribution in [0.4, 0.5) is 0 Å². The monoisotopic (exact) mass is 344 g/mol. The lowest BCUT2D eigenvalue weighted by atomic mass is 9.73. The van der Waals surface area contributed by atoms with Crippen LogP contribution in [0, 0.1) is 12.3 Å². The highest BCUT2D eigenvalue weighted by Gasteiger charge is 2.46. The zero-order chi connectivity index (χ0) is 17.6. The summed E-state index contributed by atoms with van der Waals surface area (Å²) in [5.74, 6) is 0.515. The number of aryl methyl sites for hydroxylation is 1. The van der Waals surface area contributed by atoms with Crippen molar-refractivity contribution in [2.45, 2.75) is 51.5 Å². The Kier molecular flexibility index (Phi) is 3.89. The number of nitrogens with zero attached hydrogens (tertiary/aromatic N) is 3. The van der Waals surface area contributed by atoms with Gasteiger partial charge in [-0.3, -0.25) is 14.4 Å². The summed E-state index contributed by atoms with van der Waals surface area (Å²) in [4.78, 5) is 47.6. The molecule has 1 N–H and O–H groups in total. The molecule has 1 aromatic heterocycles. The molecule has 7 nitrogen and oxygen atoms in total. The summed E-state index contributed by atoms with van der Waals surface area (Å²) in [6.07, 6.45) is 6.94. The van der Waals surface area contributed by atoms with E-state index in [4.69, 9.17) is 0 Å². The Morgan fingerprint density at radius 2 is 2.08 bits per heavy atom. The normalized spacial score (nSPS) is 27.0. The van der Waals surface area contributed by atoms with Gasteiger partial charge in [0.05, 0.1) is 0 Å². The molecule has 1 saturated carbocycles. The number of nitrogens with one attached hydrogen (secondary N) is 1. The third-order valence-corrected chi connectivity index (χ3v) is 5.79. The van der Waals surface area contributed by atoms with Crippen LogP contribution in [-0.4, -0.2) is 57.3 Å². The van der Waals surface area contributed by atoms with E-state index >= 15 is 0 Å². The molecule has 2 saturated heterocycles. The van der Waals surface area contributed by atoms with Crippen molar-refractivity contribution in [1.29, 1.82) is 0 Å². The first-order valence-electron chi connectivity index (χ1n) is 9.12. The van der Waals surface area contributed by atoms with E-state index in [2.05, 4.69) is 9.97 Å². The van der Waals surface area contributed by atoms with Gasteiger partial charge in [0, 0.05) is 43.7 Å². The molecule has 1 atom stereocenters. The Morgan fingerprint density at radius 3 is 2.80 bits per heavy atom. The van der Waals surface area contributed by atoms with Gasteiger partial charge in [-0.1, -0.05) is 0 Å². The largest absolute Gasteiger partial charge is 0.339 e. The summed E-state index contributed by atoms with van der Waals surface area (Å²) < 4.78 is 0. The molecule has 1 aliphatic carbocycles. The maximum absolute atomic E-state index is 12.8. The predicted octanol–water partition coefficient (Wildman–Crippen LogP) is 1.09. The molecule has 0 aromatic carbocycles. The molecule has 0 bridgehead atoms. The van der Waals surface area contributed by atoms with Crippen molar-refractivity contribution < 1.29 is 9.59 Å². The van der Waals surface area contributed by atoms with Crippen LogP contribution in [0.5, 0.6) is 0 Å². The topological polar surface area (TPSA) is 86.4 Å². The van der Waals surface area contributed by atoms with E-state index in [0.717, 1.165) is 38.6 Å². The van der Waals surface area contributed by atoms with Gasteiger partial charge in [0.15, 0.2) is 0 Å². The molecule has 3 heterocycles. The van der Waals surface area contributed by atoms with Gasteiger partial charge in [-0.25, -0.2) is 4.98 Å². The zero-order valence-electron chi connectivity index (χ0n) is 14.6. The summed E-state index contributed by atoms with van der Waals surface area (Å²) in [6.45, 7) is 3.72. The van der Waals surface area contributed by atoms with Crippen LogP contribution < -0.4 is 5.56 Å². The summed E-state index contributed by atoms with van der Waals surface area (Å²) >= 11 is 0. The van der Waals surface area contributed by atoms with Crippen LogP contribution in [0.3, 0.4) is 0 Å². The van der Waals surface area contributed by atoms with Gasteiger partial charge in [-0.05, 0) is 39.0 Å². The number of hydrogen-bond acceptors (Lipinski definition) is 4. The van der Waals surface area contributed by atoms with E-state index in [1.165, 1.54) is 6.20 Å². The van der Waals surface area contributed by atoms with Gasteiger partial charge in [0.25, 0.3) is 11.5 Å². The van der Waals surface area contributed by atoms with Crippen LogP contribution in [-0.2, 0) is 4.79 Å². The summed E-state index contributed by atoms with van der Waals surface area (Å²) in [5, 5.41) is 0. The Bertz CT molecular complexity index is 770. The van der Waals surface area contributed by atoms with Crippen LogP contribution in [0.2, 0.25) is 0 Å². The second-order valence-corrected chi connectivity index (χ2v) is 7.79. The van der Waals surface area contributed by atoms with Crippen LogP contribution >= 0.6 is 0 Å². The van der Waals surface area contributed by atoms with Crippen molar-refractivity contribution >= 4 is 11.8 Å². The van der Waals surface area contributed by atoms with Crippen molar-refractivity contribution in [2.24, 2.45) is 5.41 Å². The molecule has 0 radical (unpaired) electrons. The molecule has 0 unspecified atom stereocenters. The highest BCUT2D eigenvalue weighted by atomic mass is 16.2. The third-order valence-electron chi connectivity index (χ3n) is 5.79. The van der Waals surface area contributed by atoms with Crippen LogP contribution in [0.25, 0.3) is 0 Å².